The van der Waals surface area contributed by atoms with Gasteiger partial charge in [-0.25, -0.2) is 0 Å². The summed E-state index contributed by atoms with van der Waals surface area (Å²) in [7, 11) is 0. The second-order valence-electron chi connectivity index (χ2n) is 6.68. The van der Waals surface area contributed by atoms with E-state index in [0.29, 0.717) is 28.1 Å². The molecule has 1 aliphatic heterocycles. The number of ether oxygens (including phenoxy) is 1. The molecule has 1 aliphatic rings. The Hall–Kier alpha value is -1.24. The summed E-state index contributed by atoms with van der Waals surface area (Å²) in [4.78, 5) is 14.5. The number of thioether (sulfide) groups is 1. The van der Waals surface area contributed by atoms with Crippen LogP contribution in [0.25, 0.3) is 0 Å². The standard InChI is InChI=1S/C21H24Cl2N2O2S/c22-19-5-2-6-20(23)18(19)14-28-15-21(26)24-12-16-3-1-4-17(11-16)13-25-7-9-27-10-8-25/h1-6,11H,7-10,12-15H2,(H,24,26). The zero-order valence-corrected chi connectivity index (χ0v) is 18.0. The molecule has 0 spiro atoms. The minimum absolute atomic E-state index is 0.00626. The lowest BCUT2D eigenvalue weighted by molar-refractivity contribution is -0.118. The minimum atomic E-state index is 0.00626. The van der Waals surface area contributed by atoms with Gasteiger partial charge in [0.2, 0.25) is 5.91 Å². The van der Waals surface area contributed by atoms with E-state index in [2.05, 4.69) is 22.3 Å². The largest absolute Gasteiger partial charge is 0.379 e. The fourth-order valence-corrected chi connectivity index (χ4v) is 4.62. The molecule has 1 N–H and O–H groups in total. The number of halogens is 2. The summed E-state index contributed by atoms with van der Waals surface area (Å²) < 4.78 is 5.39. The molecule has 0 bridgehead atoms. The molecule has 1 fully saturated rings. The van der Waals surface area contributed by atoms with Gasteiger partial charge in [0.15, 0.2) is 0 Å². The summed E-state index contributed by atoms with van der Waals surface area (Å²) in [5.74, 6) is 0.988. The first kappa shape index (κ1) is 21.5. The SMILES string of the molecule is O=C(CSCc1c(Cl)cccc1Cl)NCc1cccc(CN2CCOCC2)c1. The van der Waals surface area contributed by atoms with Crippen LogP contribution in [0.15, 0.2) is 42.5 Å². The van der Waals surface area contributed by atoms with Crippen molar-refractivity contribution in [1.82, 2.24) is 10.2 Å². The highest BCUT2D eigenvalue weighted by Gasteiger charge is 2.11. The van der Waals surface area contributed by atoms with Crippen LogP contribution in [0.1, 0.15) is 16.7 Å². The third-order valence-corrected chi connectivity index (χ3v) is 6.20. The summed E-state index contributed by atoms with van der Waals surface area (Å²) >= 11 is 13.8. The van der Waals surface area contributed by atoms with Gasteiger partial charge in [0, 0.05) is 42.0 Å². The highest BCUT2D eigenvalue weighted by atomic mass is 35.5. The van der Waals surface area contributed by atoms with Crippen LogP contribution < -0.4 is 5.32 Å². The van der Waals surface area contributed by atoms with Crippen LogP contribution in [0.2, 0.25) is 10.0 Å². The maximum Gasteiger partial charge on any atom is 0.230 e. The molecule has 0 radical (unpaired) electrons. The Morgan fingerprint density at radius 1 is 1.07 bits per heavy atom. The molecule has 1 amide bonds. The molecular formula is C21H24Cl2N2O2S. The molecule has 0 saturated carbocycles. The Morgan fingerprint density at radius 2 is 1.75 bits per heavy atom. The van der Waals surface area contributed by atoms with Crippen molar-refractivity contribution in [1.29, 1.82) is 0 Å². The predicted octanol–water partition coefficient (Wildman–Crippen LogP) is 4.38. The second-order valence-corrected chi connectivity index (χ2v) is 8.48. The molecule has 150 valence electrons. The maximum atomic E-state index is 12.2. The molecule has 0 atom stereocenters. The molecule has 2 aromatic carbocycles. The van der Waals surface area contributed by atoms with Crippen molar-refractivity contribution in [3.8, 4) is 0 Å². The van der Waals surface area contributed by atoms with Crippen LogP contribution >= 0.6 is 35.0 Å². The Labute approximate surface area is 180 Å². The first-order valence-electron chi connectivity index (χ1n) is 9.27. The molecular weight excluding hydrogens is 415 g/mol. The molecule has 0 aliphatic carbocycles. The number of nitrogens with zero attached hydrogens (tertiary/aromatic N) is 1. The van der Waals surface area contributed by atoms with Gasteiger partial charge in [-0.05, 0) is 28.8 Å². The van der Waals surface area contributed by atoms with Gasteiger partial charge in [0.1, 0.15) is 0 Å². The number of amides is 1. The normalized spacial score (nSPS) is 14.8. The average Bonchev–Trinajstić information content (AvgIpc) is 2.70. The molecule has 4 nitrogen and oxygen atoms in total. The molecule has 28 heavy (non-hydrogen) atoms. The van der Waals surface area contributed by atoms with Gasteiger partial charge < -0.3 is 10.1 Å². The van der Waals surface area contributed by atoms with E-state index in [-0.39, 0.29) is 5.91 Å². The summed E-state index contributed by atoms with van der Waals surface area (Å²) in [6.07, 6.45) is 0. The Balaban J connectivity index is 1.42. The van der Waals surface area contributed by atoms with E-state index in [4.69, 9.17) is 27.9 Å². The smallest absolute Gasteiger partial charge is 0.230 e. The molecule has 7 heteroatoms. The second kappa shape index (κ2) is 11.1. The third-order valence-electron chi connectivity index (χ3n) is 4.53. The molecule has 1 saturated heterocycles. The molecule has 1 heterocycles. The van der Waals surface area contributed by atoms with Crippen molar-refractivity contribution in [2.24, 2.45) is 0 Å². The number of morpholine rings is 1. The monoisotopic (exact) mass is 438 g/mol. The zero-order chi connectivity index (χ0) is 19.8. The van der Waals surface area contributed by atoms with Gasteiger partial charge in [-0.15, -0.1) is 11.8 Å². The van der Waals surface area contributed by atoms with Crippen LogP contribution in [0, 0.1) is 0 Å². The zero-order valence-electron chi connectivity index (χ0n) is 15.6. The topological polar surface area (TPSA) is 41.6 Å². The fraction of sp³-hybridized carbons (Fsp3) is 0.381. The van der Waals surface area contributed by atoms with Crippen molar-refractivity contribution in [3.63, 3.8) is 0 Å². The van der Waals surface area contributed by atoms with Crippen molar-refractivity contribution in [2.75, 3.05) is 32.1 Å². The van der Waals surface area contributed by atoms with Crippen LogP contribution in [0.3, 0.4) is 0 Å². The van der Waals surface area contributed by atoms with Crippen molar-refractivity contribution < 1.29 is 9.53 Å². The van der Waals surface area contributed by atoms with E-state index in [1.54, 1.807) is 0 Å². The number of carbonyl (C=O) groups excluding carboxylic acids is 1. The van der Waals surface area contributed by atoms with Gasteiger partial charge in [0.25, 0.3) is 0 Å². The van der Waals surface area contributed by atoms with Gasteiger partial charge in [-0.3, -0.25) is 9.69 Å². The lowest BCUT2D eigenvalue weighted by Crippen LogP contribution is -2.35. The highest BCUT2D eigenvalue weighted by molar-refractivity contribution is 7.99. The number of hydrogen-bond acceptors (Lipinski definition) is 4. The molecule has 0 aromatic heterocycles. The average molecular weight is 439 g/mol. The lowest BCUT2D eigenvalue weighted by Gasteiger charge is -2.26. The predicted molar refractivity (Wildman–Crippen MR) is 117 cm³/mol. The molecule has 2 aromatic rings. The van der Waals surface area contributed by atoms with E-state index in [9.17, 15) is 4.79 Å². The summed E-state index contributed by atoms with van der Waals surface area (Å²) in [6, 6.07) is 13.8. The van der Waals surface area contributed by atoms with E-state index < -0.39 is 0 Å². The Kier molecular flexibility index (Phi) is 8.49. The van der Waals surface area contributed by atoms with Crippen molar-refractivity contribution >= 4 is 40.9 Å². The number of nitrogens with one attached hydrogen (secondary N) is 1. The summed E-state index contributed by atoms with van der Waals surface area (Å²) in [5, 5.41) is 4.26. The number of rotatable bonds is 8. The quantitative estimate of drug-likeness (QED) is 0.663. The third kappa shape index (κ3) is 6.68. The Bertz CT molecular complexity index is 777. The van der Waals surface area contributed by atoms with E-state index in [0.717, 1.165) is 44.0 Å². The lowest BCUT2D eigenvalue weighted by atomic mass is 10.1. The summed E-state index contributed by atoms with van der Waals surface area (Å²) in [5.41, 5.74) is 3.24. The van der Waals surface area contributed by atoms with Gasteiger partial charge in [0.05, 0.1) is 19.0 Å². The van der Waals surface area contributed by atoms with Gasteiger partial charge >= 0.3 is 0 Å². The fourth-order valence-electron chi connectivity index (χ4n) is 3.02. The van der Waals surface area contributed by atoms with Crippen LogP contribution in [0.4, 0.5) is 0 Å². The van der Waals surface area contributed by atoms with Crippen LogP contribution in [-0.2, 0) is 28.4 Å². The maximum absolute atomic E-state index is 12.2. The molecule has 0 unspecified atom stereocenters. The van der Waals surface area contributed by atoms with E-state index in [1.807, 2.05) is 30.3 Å². The van der Waals surface area contributed by atoms with Crippen molar-refractivity contribution in [3.05, 3.63) is 69.2 Å². The Morgan fingerprint density at radius 3 is 2.50 bits per heavy atom. The van der Waals surface area contributed by atoms with E-state index >= 15 is 0 Å². The number of hydrogen-bond donors (Lipinski definition) is 1. The molecule has 3 rings (SSSR count). The van der Waals surface area contributed by atoms with Gasteiger partial charge in [-0.1, -0.05) is 53.5 Å². The van der Waals surface area contributed by atoms with Crippen LogP contribution in [0.5, 0.6) is 0 Å². The van der Waals surface area contributed by atoms with Crippen LogP contribution in [-0.4, -0.2) is 42.9 Å². The van der Waals surface area contributed by atoms with Crippen molar-refractivity contribution in [2.45, 2.75) is 18.8 Å². The summed E-state index contributed by atoms with van der Waals surface area (Å²) in [6.45, 7) is 4.98. The highest BCUT2D eigenvalue weighted by Crippen LogP contribution is 2.28. The number of carbonyl (C=O) groups is 1. The minimum Gasteiger partial charge on any atom is -0.379 e. The first-order valence-corrected chi connectivity index (χ1v) is 11.2. The van der Waals surface area contributed by atoms with E-state index in [1.165, 1.54) is 17.3 Å². The van der Waals surface area contributed by atoms with Gasteiger partial charge in [-0.2, -0.15) is 0 Å². The first-order chi connectivity index (χ1) is 13.6. The number of benzene rings is 2.